The number of rotatable bonds is 3. The van der Waals surface area contributed by atoms with Gasteiger partial charge in [-0.3, -0.25) is 0 Å². The van der Waals surface area contributed by atoms with E-state index in [1.807, 2.05) is 0 Å². The minimum atomic E-state index is -2.44. The Morgan fingerprint density at radius 2 is 1.17 bits per heavy atom. The molecule has 6 N–H and O–H groups in total. The van der Waals surface area contributed by atoms with E-state index in [2.05, 4.69) is 0 Å². The van der Waals surface area contributed by atoms with Crippen molar-refractivity contribution in [2.24, 2.45) is 0 Å². The number of carbonyl (C=O) groups excluding carboxylic acids is 2. The van der Waals surface area contributed by atoms with Crippen molar-refractivity contribution in [1.29, 1.82) is 0 Å². The Morgan fingerprint density at radius 3 is 1.25 bits per heavy atom. The van der Waals surface area contributed by atoms with Crippen LogP contribution in [-0.4, -0.2) is 34.4 Å². The van der Waals surface area contributed by atoms with Gasteiger partial charge in [0.05, 0.1) is 11.9 Å². The summed E-state index contributed by atoms with van der Waals surface area (Å²) in [5, 5.41) is 35.7. The number of aliphatic carboxylic acids is 2. The van der Waals surface area contributed by atoms with Gasteiger partial charge in [-0.2, -0.15) is 0 Å². The zero-order valence-electron chi connectivity index (χ0n) is 6.68. The van der Waals surface area contributed by atoms with E-state index in [1.54, 1.807) is 0 Å². The third-order valence-electron chi connectivity index (χ3n) is 0.782. The SMILES string of the molecule is O=C([O-])[C@H](O)[C@@H](O)C(=O)[O-].[K+].[NH4+]. The first-order chi connectivity index (χ1) is 4.46. The summed E-state index contributed by atoms with van der Waals surface area (Å²) in [5.41, 5.74) is 0. The summed E-state index contributed by atoms with van der Waals surface area (Å²) in [6.07, 6.45) is -4.88. The fraction of sp³-hybridized carbons (Fsp3) is 0.500. The molecular formula is C4H8KNO6. The number of quaternary nitrogens is 1. The average molecular weight is 205 g/mol. The van der Waals surface area contributed by atoms with E-state index >= 15 is 0 Å². The first-order valence-corrected chi connectivity index (χ1v) is 2.24. The number of hydrogen-bond acceptors (Lipinski definition) is 6. The maximum absolute atomic E-state index is 9.63. The number of hydrogen-bond donors (Lipinski definition) is 3. The maximum atomic E-state index is 9.63. The van der Waals surface area contributed by atoms with E-state index in [0.29, 0.717) is 0 Å². The van der Waals surface area contributed by atoms with Gasteiger partial charge in [-0.25, -0.2) is 0 Å². The van der Waals surface area contributed by atoms with Crippen molar-refractivity contribution >= 4 is 11.9 Å². The Morgan fingerprint density at radius 1 is 1.00 bits per heavy atom. The van der Waals surface area contributed by atoms with Gasteiger partial charge in [0.15, 0.2) is 0 Å². The Bertz CT molecular complexity index is 144. The van der Waals surface area contributed by atoms with Crippen LogP contribution in [0.3, 0.4) is 0 Å². The molecule has 7 nitrogen and oxygen atoms in total. The molecule has 8 heteroatoms. The maximum Gasteiger partial charge on any atom is 1.00 e. The fourth-order valence-corrected chi connectivity index (χ4v) is 0.258. The van der Waals surface area contributed by atoms with Crippen LogP contribution in [0, 0.1) is 0 Å². The van der Waals surface area contributed by atoms with Gasteiger partial charge in [-0.05, 0) is 0 Å². The minimum absolute atomic E-state index is 0. The number of carboxylic acids is 2. The van der Waals surface area contributed by atoms with Crippen LogP contribution in [-0.2, 0) is 9.59 Å². The van der Waals surface area contributed by atoms with Crippen LogP contribution in [0.15, 0.2) is 0 Å². The molecule has 66 valence electrons. The van der Waals surface area contributed by atoms with E-state index in [4.69, 9.17) is 10.2 Å². The van der Waals surface area contributed by atoms with Gasteiger partial charge < -0.3 is 36.2 Å². The molecule has 0 aliphatic heterocycles. The van der Waals surface area contributed by atoms with Gasteiger partial charge in [0.2, 0.25) is 0 Å². The van der Waals surface area contributed by atoms with Crippen LogP contribution in [0.2, 0.25) is 0 Å². The second-order valence-electron chi connectivity index (χ2n) is 1.53. The summed E-state index contributed by atoms with van der Waals surface area (Å²) in [6, 6.07) is 0. The molecule has 12 heavy (non-hydrogen) atoms. The Balaban J connectivity index is -0.000000405. The molecule has 0 heterocycles. The van der Waals surface area contributed by atoms with Crippen LogP contribution in [0.25, 0.3) is 0 Å². The fourth-order valence-electron chi connectivity index (χ4n) is 0.258. The standard InChI is InChI=1S/C4H6O6.K.H3N/c5-1(3(7)8)2(6)4(9)10;;/h1-2,5-6H,(H,7,8)(H,9,10);;1H3/q;+1;/p-1/t1-,2-;;/m1../s1. The number of carboxylic acid groups (broad SMARTS) is 2. The zero-order valence-corrected chi connectivity index (χ0v) is 9.81. The summed E-state index contributed by atoms with van der Waals surface area (Å²) < 4.78 is 0. The smallest absolute Gasteiger partial charge is 0.547 e. The number of carbonyl (C=O) groups is 2. The molecule has 0 aromatic carbocycles. The predicted octanol–water partition coefficient (Wildman–Crippen LogP) is -7.41. The molecular weight excluding hydrogens is 197 g/mol. The van der Waals surface area contributed by atoms with Crippen molar-refractivity contribution in [3.05, 3.63) is 0 Å². The molecule has 0 amide bonds. The molecule has 0 bridgehead atoms. The summed E-state index contributed by atoms with van der Waals surface area (Å²) >= 11 is 0. The third-order valence-corrected chi connectivity index (χ3v) is 0.782. The summed E-state index contributed by atoms with van der Waals surface area (Å²) in [6.45, 7) is 0. The van der Waals surface area contributed by atoms with Crippen molar-refractivity contribution in [1.82, 2.24) is 6.15 Å². The van der Waals surface area contributed by atoms with E-state index in [-0.39, 0.29) is 57.5 Å². The van der Waals surface area contributed by atoms with Crippen molar-refractivity contribution < 1.29 is 81.4 Å². The van der Waals surface area contributed by atoms with Crippen molar-refractivity contribution in [2.45, 2.75) is 12.2 Å². The number of aliphatic hydroxyl groups is 2. The van der Waals surface area contributed by atoms with Crippen LogP contribution in [0.4, 0.5) is 0 Å². The summed E-state index contributed by atoms with van der Waals surface area (Å²) in [7, 11) is 0. The second-order valence-corrected chi connectivity index (χ2v) is 1.53. The normalized spacial score (nSPS) is 13.2. The quantitative estimate of drug-likeness (QED) is 0.388. The predicted molar refractivity (Wildman–Crippen MR) is 28.0 cm³/mol. The second kappa shape index (κ2) is 8.07. The molecule has 0 aliphatic rings. The van der Waals surface area contributed by atoms with Gasteiger partial charge in [0.1, 0.15) is 12.2 Å². The molecule has 0 saturated heterocycles. The average Bonchev–Trinajstić information content (AvgIpc) is 1.84. The van der Waals surface area contributed by atoms with E-state index in [9.17, 15) is 19.8 Å². The Labute approximate surface area is 110 Å². The van der Waals surface area contributed by atoms with E-state index in [0.717, 1.165) is 0 Å². The van der Waals surface area contributed by atoms with Crippen LogP contribution in [0.1, 0.15) is 0 Å². The van der Waals surface area contributed by atoms with Crippen LogP contribution in [0.5, 0.6) is 0 Å². The molecule has 0 saturated carbocycles. The molecule has 2 atom stereocenters. The van der Waals surface area contributed by atoms with Gasteiger partial charge in [-0.1, -0.05) is 0 Å². The van der Waals surface area contributed by atoms with Crippen LogP contribution < -0.4 is 67.7 Å². The topological polar surface area (TPSA) is 157 Å². The molecule has 0 radical (unpaired) electrons. The molecule has 0 aliphatic carbocycles. The number of aliphatic hydroxyl groups excluding tert-OH is 2. The molecule has 0 fully saturated rings. The monoisotopic (exact) mass is 205 g/mol. The largest absolute Gasteiger partial charge is 1.00 e. The minimum Gasteiger partial charge on any atom is -0.547 e. The van der Waals surface area contributed by atoms with Crippen LogP contribution >= 0.6 is 0 Å². The van der Waals surface area contributed by atoms with Crippen molar-refractivity contribution in [3.8, 4) is 0 Å². The first-order valence-electron chi connectivity index (χ1n) is 2.24. The van der Waals surface area contributed by atoms with E-state index in [1.165, 1.54) is 0 Å². The van der Waals surface area contributed by atoms with Gasteiger partial charge in [-0.15, -0.1) is 0 Å². The van der Waals surface area contributed by atoms with Gasteiger partial charge in [0.25, 0.3) is 0 Å². The van der Waals surface area contributed by atoms with Crippen molar-refractivity contribution in [3.63, 3.8) is 0 Å². The summed E-state index contributed by atoms with van der Waals surface area (Å²) in [4.78, 5) is 19.3. The molecule has 0 aromatic rings. The molecule has 0 aromatic heterocycles. The molecule has 0 rings (SSSR count). The van der Waals surface area contributed by atoms with E-state index < -0.39 is 24.1 Å². The molecule has 0 unspecified atom stereocenters. The van der Waals surface area contributed by atoms with Gasteiger partial charge in [0, 0.05) is 0 Å². The Kier molecular flexibility index (Phi) is 12.3. The molecule has 0 spiro atoms. The van der Waals surface area contributed by atoms with Crippen molar-refractivity contribution in [2.75, 3.05) is 0 Å². The van der Waals surface area contributed by atoms with Gasteiger partial charge >= 0.3 is 51.4 Å². The Hall–Kier alpha value is 0.456. The first kappa shape index (κ1) is 18.3. The zero-order chi connectivity index (χ0) is 8.31. The third kappa shape index (κ3) is 6.03. The summed E-state index contributed by atoms with van der Waals surface area (Å²) in [5.74, 6) is -4.12.